The van der Waals surface area contributed by atoms with Gasteiger partial charge in [-0.25, -0.2) is 9.80 Å². The number of amides is 2. The van der Waals surface area contributed by atoms with Crippen LogP contribution in [0, 0.1) is 11.8 Å². The van der Waals surface area contributed by atoms with Gasteiger partial charge in [-0.15, -0.1) is 0 Å². The van der Waals surface area contributed by atoms with Crippen LogP contribution in [0.5, 0.6) is 0 Å². The summed E-state index contributed by atoms with van der Waals surface area (Å²) in [6.07, 6.45) is 4.33. The van der Waals surface area contributed by atoms with Crippen molar-refractivity contribution in [3.63, 3.8) is 0 Å². The van der Waals surface area contributed by atoms with Crippen LogP contribution in [0.4, 0.5) is 4.79 Å². The second-order valence-electron chi connectivity index (χ2n) is 10.0. The molecule has 1 aliphatic carbocycles. The topological polar surface area (TPSA) is 83.1 Å². The second-order valence-corrected chi connectivity index (χ2v) is 10.0. The van der Waals surface area contributed by atoms with Crippen LogP contribution in [-0.4, -0.2) is 78.5 Å². The Hall–Kier alpha value is -1.38. The number of hydrogen-bond donors (Lipinski definition) is 2. The monoisotopic (exact) mass is 408 g/mol. The van der Waals surface area contributed by atoms with Gasteiger partial charge in [0.1, 0.15) is 5.60 Å². The third kappa shape index (κ3) is 4.86. The van der Waals surface area contributed by atoms with E-state index in [0.29, 0.717) is 31.1 Å². The Morgan fingerprint density at radius 1 is 1.10 bits per heavy atom. The Kier molecular flexibility index (Phi) is 6.04. The molecular weight excluding hydrogens is 372 g/mol. The Balaban J connectivity index is 1.23. The van der Waals surface area contributed by atoms with E-state index < -0.39 is 5.60 Å². The number of ether oxygens (including phenoxy) is 2. The van der Waals surface area contributed by atoms with Crippen LogP contribution >= 0.6 is 0 Å². The number of rotatable bonds is 3. The van der Waals surface area contributed by atoms with Gasteiger partial charge in [-0.3, -0.25) is 10.2 Å². The van der Waals surface area contributed by atoms with Crippen molar-refractivity contribution in [2.45, 2.75) is 76.6 Å². The van der Waals surface area contributed by atoms with Crippen molar-refractivity contribution in [2.24, 2.45) is 11.8 Å². The van der Waals surface area contributed by atoms with E-state index in [-0.39, 0.29) is 24.0 Å². The Morgan fingerprint density at radius 2 is 1.83 bits per heavy atom. The van der Waals surface area contributed by atoms with Gasteiger partial charge in [-0.05, 0) is 58.8 Å². The maximum atomic E-state index is 12.9. The zero-order valence-electron chi connectivity index (χ0n) is 18.0. The van der Waals surface area contributed by atoms with Crippen LogP contribution in [0.25, 0.3) is 0 Å². The minimum absolute atomic E-state index is 0.0866. The third-order valence-electron chi connectivity index (χ3n) is 6.73. The quantitative estimate of drug-likeness (QED) is 0.737. The lowest BCUT2D eigenvalue weighted by Crippen LogP contribution is -2.57. The van der Waals surface area contributed by atoms with Crippen molar-refractivity contribution in [3.8, 4) is 0 Å². The number of piperidine rings is 1. The lowest BCUT2D eigenvalue weighted by atomic mass is 9.78. The minimum Gasteiger partial charge on any atom is -0.444 e. The molecule has 4 rings (SSSR count). The lowest BCUT2D eigenvalue weighted by Gasteiger charge is -2.42. The summed E-state index contributed by atoms with van der Waals surface area (Å²) >= 11 is 0. The highest BCUT2D eigenvalue weighted by molar-refractivity contribution is 5.79. The molecule has 2 amide bonds. The number of carbonyl (C=O) groups excluding carboxylic acids is 2. The summed E-state index contributed by atoms with van der Waals surface area (Å²) in [5.41, 5.74) is 3.07. The predicted molar refractivity (Wildman–Crippen MR) is 108 cm³/mol. The van der Waals surface area contributed by atoms with Crippen molar-refractivity contribution in [2.75, 3.05) is 32.8 Å². The molecule has 1 saturated carbocycles. The van der Waals surface area contributed by atoms with Gasteiger partial charge in [0, 0.05) is 37.6 Å². The van der Waals surface area contributed by atoms with Gasteiger partial charge in [-0.2, -0.15) is 0 Å². The molecule has 0 radical (unpaired) electrons. The highest BCUT2D eigenvalue weighted by Gasteiger charge is 2.45. The third-order valence-corrected chi connectivity index (χ3v) is 6.73. The minimum atomic E-state index is -0.477. The van der Waals surface area contributed by atoms with E-state index in [9.17, 15) is 9.59 Å². The van der Waals surface area contributed by atoms with Gasteiger partial charge in [0.15, 0.2) is 0 Å². The molecule has 3 saturated heterocycles. The van der Waals surface area contributed by atoms with Crippen LogP contribution in [0.1, 0.15) is 52.9 Å². The van der Waals surface area contributed by atoms with E-state index in [0.717, 1.165) is 51.9 Å². The second kappa shape index (κ2) is 8.40. The fourth-order valence-electron chi connectivity index (χ4n) is 5.00. The van der Waals surface area contributed by atoms with Gasteiger partial charge < -0.3 is 19.7 Å². The number of hydrazine groups is 1. The first-order valence-corrected chi connectivity index (χ1v) is 11.2. The normalized spacial score (nSPS) is 31.8. The molecule has 29 heavy (non-hydrogen) atoms. The van der Waals surface area contributed by atoms with E-state index in [2.05, 4.69) is 15.8 Å². The molecule has 0 aromatic heterocycles. The van der Waals surface area contributed by atoms with Gasteiger partial charge in [0.05, 0.1) is 19.3 Å². The van der Waals surface area contributed by atoms with Gasteiger partial charge in [0.25, 0.3) is 0 Å². The van der Waals surface area contributed by atoms with Crippen LogP contribution < -0.4 is 10.7 Å². The largest absolute Gasteiger partial charge is 0.444 e. The van der Waals surface area contributed by atoms with Gasteiger partial charge in [0.2, 0.25) is 5.91 Å². The van der Waals surface area contributed by atoms with Crippen molar-refractivity contribution in [1.29, 1.82) is 0 Å². The summed E-state index contributed by atoms with van der Waals surface area (Å²) in [4.78, 5) is 26.9. The van der Waals surface area contributed by atoms with E-state index in [4.69, 9.17) is 9.47 Å². The first-order chi connectivity index (χ1) is 13.8. The summed E-state index contributed by atoms with van der Waals surface area (Å²) in [6, 6.07) is 1.06. The number of nitrogens with zero attached hydrogens (tertiary/aromatic N) is 2. The number of carbonyl (C=O) groups is 2. The van der Waals surface area contributed by atoms with Crippen LogP contribution in [0.15, 0.2) is 0 Å². The summed E-state index contributed by atoms with van der Waals surface area (Å²) in [6.45, 7) is 9.53. The van der Waals surface area contributed by atoms with Gasteiger partial charge in [-0.1, -0.05) is 0 Å². The van der Waals surface area contributed by atoms with Crippen LogP contribution in [-0.2, 0) is 14.3 Å². The molecule has 0 aromatic carbocycles. The molecule has 0 bridgehead atoms. The Labute approximate surface area is 173 Å². The van der Waals surface area contributed by atoms with E-state index >= 15 is 0 Å². The highest BCUT2D eigenvalue weighted by atomic mass is 16.6. The summed E-state index contributed by atoms with van der Waals surface area (Å²) in [7, 11) is 0. The number of likely N-dealkylation sites (tertiary alicyclic amines) is 1. The standard InChI is InChI=1S/C21H36N4O4/c1-21(2,3)29-20(27)24-8-6-16(7-9-24)23-19(26)14-4-5-15-11-22-25(18(15)10-14)17-12-28-13-17/h14-18,22H,4-13H2,1-3H3,(H,23,26). The molecule has 8 heteroatoms. The summed E-state index contributed by atoms with van der Waals surface area (Å²) < 4.78 is 10.8. The van der Waals surface area contributed by atoms with Gasteiger partial charge >= 0.3 is 6.09 Å². The highest BCUT2D eigenvalue weighted by Crippen LogP contribution is 2.36. The molecule has 8 nitrogen and oxygen atoms in total. The maximum absolute atomic E-state index is 12.9. The predicted octanol–water partition coefficient (Wildman–Crippen LogP) is 1.51. The lowest BCUT2D eigenvalue weighted by molar-refractivity contribution is -0.129. The fraction of sp³-hybridized carbons (Fsp3) is 0.905. The SMILES string of the molecule is CC(C)(C)OC(=O)N1CCC(NC(=O)C2CCC3CNN(C4COC4)C3C2)CC1. The Bertz CT molecular complexity index is 610. The smallest absolute Gasteiger partial charge is 0.410 e. The van der Waals surface area contributed by atoms with E-state index in [1.807, 2.05) is 20.8 Å². The zero-order chi connectivity index (χ0) is 20.6. The summed E-state index contributed by atoms with van der Waals surface area (Å²) in [5, 5.41) is 5.63. The van der Waals surface area contributed by atoms with Crippen LogP contribution in [0.3, 0.4) is 0 Å². The van der Waals surface area contributed by atoms with Crippen molar-refractivity contribution in [3.05, 3.63) is 0 Å². The number of nitrogens with one attached hydrogen (secondary N) is 2. The average molecular weight is 409 g/mol. The molecule has 2 N–H and O–H groups in total. The molecule has 0 aromatic rings. The van der Waals surface area contributed by atoms with E-state index in [1.165, 1.54) is 0 Å². The number of fused-ring (bicyclic) bond motifs is 1. The first-order valence-electron chi connectivity index (χ1n) is 11.2. The molecule has 3 aliphatic heterocycles. The molecule has 0 spiro atoms. The molecule has 4 fully saturated rings. The number of hydrogen-bond acceptors (Lipinski definition) is 6. The average Bonchev–Trinajstić information content (AvgIpc) is 3.02. The van der Waals surface area contributed by atoms with Crippen LogP contribution in [0.2, 0.25) is 0 Å². The molecule has 4 aliphatic rings. The molecule has 3 unspecified atom stereocenters. The zero-order valence-corrected chi connectivity index (χ0v) is 18.0. The fourth-order valence-corrected chi connectivity index (χ4v) is 5.00. The van der Waals surface area contributed by atoms with Crippen molar-refractivity contribution >= 4 is 12.0 Å². The summed E-state index contributed by atoms with van der Waals surface area (Å²) in [5.74, 6) is 0.927. The molecule has 3 heterocycles. The maximum Gasteiger partial charge on any atom is 0.410 e. The molecular formula is C21H36N4O4. The molecule has 3 atom stereocenters. The van der Waals surface area contributed by atoms with Crippen molar-refractivity contribution in [1.82, 2.24) is 20.7 Å². The van der Waals surface area contributed by atoms with Crippen molar-refractivity contribution < 1.29 is 19.1 Å². The molecule has 164 valence electrons. The Morgan fingerprint density at radius 3 is 2.45 bits per heavy atom. The first kappa shape index (κ1) is 20.9. The van der Waals surface area contributed by atoms with E-state index in [1.54, 1.807) is 4.90 Å².